The van der Waals surface area contributed by atoms with Gasteiger partial charge in [0.1, 0.15) is 0 Å². The van der Waals surface area contributed by atoms with Crippen molar-refractivity contribution in [3.63, 3.8) is 0 Å². The topological polar surface area (TPSA) is 103 Å². The highest BCUT2D eigenvalue weighted by molar-refractivity contribution is 7.15. The lowest BCUT2D eigenvalue weighted by Crippen LogP contribution is -2.57. The number of hydrogen-bond acceptors (Lipinski definition) is 6. The minimum atomic E-state index is -0.647. The predicted octanol–water partition coefficient (Wildman–Crippen LogP) is 4.58. The minimum absolute atomic E-state index is 0.0176. The van der Waals surface area contributed by atoms with E-state index in [-0.39, 0.29) is 41.1 Å². The number of amides is 2. The number of piperidine rings is 1. The fraction of sp³-hybridized carbons (Fsp3) is 0.821. The number of nitrogens with zero attached hydrogens (tertiary/aromatic N) is 2. The molecule has 0 unspecified atom stereocenters. The zero-order valence-electron chi connectivity index (χ0n) is 22.9. The second kappa shape index (κ2) is 9.99. The van der Waals surface area contributed by atoms with Gasteiger partial charge in [0.05, 0.1) is 18.4 Å². The standard InChI is InChI=1S/C28H45N3O4S/c1-17-8-11-31(12-9-17)23(35)13-18-24-19(36-25(30-24)29-22(34)15-26(2,3)4)14-20-27(18,5)10-7-21(33)28(20,6)16-32/h17-18,20-21,32-33H,7-16H2,1-6H3,(H,29,30,34)/t18-,20+,21-,27+,28+/m1/s1. The summed E-state index contributed by atoms with van der Waals surface area (Å²) in [4.78, 5) is 34.2. The summed E-state index contributed by atoms with van der Waals surface area (Å²) in [5.41, 5.74) is -0.112. The molecule has 1 saturated heterocycles. The smallest absolute Gasteiger partial charge is 0.226 e. The van der Waals surface area contributed by atoms with Crippen molar-refractivity contribution in [2.24, 2.45) is 28.1 Å². The highest BCUT2D eigenvalue weighted by Crippen LogP contribution is 2.63. The molecule has 2 heterocycles. The Kier molecular flexibility index (Phi) is 7.64. The van der Waals surface area contributed by atoms with E-state index in [2.05, 4.69) is 19.2 Å². The van der Waals surface area contributed by atoms with Crippen LogP contribution in [-0.2, 0) is 16.0 Å². The van der Waals surface area contributed by atoms with Crippen molar-refractivity contribution >= 4 is 28.3 Å². The maximum absolute atomic E-state index is 13.6. The van der Waals surface area contributed by atoms with Crippen LogP contribution in [0.1, 0.15) is 96.6 Å². The monoisotopic (exact) mass is 519 g/mol. The molecule has 0 bridgehead atoms. The number of nitrogens with one attached hydrogen (secondary N) is 1. The highest BCUT2D eigenvalue weighted by atomic mass is 32.1. The molecule has 4 rings (SSSR count). The third-order valence-corrected chi connectivity index (χ3v) is 10.4. The van der Waals surface area contributed by atoms with Crippen molar-refractivity contribution in [1.82, 2.24) is 9.88 Å². The normalized spacial score (nSPS) is 33.1. The summed E-state index contributed by atoms with van der Waals surface area (Å²) >= 11 is 1.49. The Bertz CT molecular complexity index is 980. The molecular formula is C28H45N3O4S. The van der Waals surface area contributed by atoms with Crippen LogP contribution in [0, 0.1) is 28.1 Å². The molecule has 202 valence electrons. The summed E-state index contributed by atoms with van der Waals surface area (Å²) in [7, 11) is 0. The number of hydrogen-bond donors (Lipinski definition) is 3. The molecule has 0 spiro atoms. The lowest BCUT2D eigenvalue weighted by atomic mass is 9.47. The van der Waals surface area contributed by atoms with E-state index in [0.29, 0.717) is 36.7 Å². The van der Waals surface area contributed by atoms with Gasteiger partial charge in [0.2, 0.25) is 11.8 Å². The largest absolute Gasteiger partial charge is 0.396 e. The molecule has 36 heavy (non-hydrogen) atoms. The number of thiazole rings is 1. The zero-order valence-corrected chi connectivity index (χ0v) is 23.7. The Balaban J connectivity index is 1.67. The molecule has 2 aliphatic carbocycles. The lowest BCUT2D eigenvalue weighted by Gasteiger charge is -2.58. The van der Waals surface area contributed by atoms with Crippen LogP contribution >= 0.6 is 11.3 Å². The maximum Gasteiger partial charge on any atom is 0.226 e. The van der Waals surface area contributed by atoms with Gasteiger partial charge in [-0.15, -0.1) is 11.3 Å². The zero-order chi connectivity index (χ0) is 26.5. The van der Waals surface area contributed by atoms with Crippen LogP contribution in [-0.4, -0.2) is 57.7 Å². The minimum Gasteiger partial charge on any atom is -0.396 e. The number of rotatable bonds is 5. The molecule has 5 atom stereocenters. The molecule has 1 aromatic heterocycles. The average Bonchev–Trinajstić information content (AvgIpc) is 3.18. The van der Waals surface area contributed by atoms with Crippen LogP contribution < -0.4 is 5.32 Å². The molecule has 8 heteroatoms. The van der Waals surface area contributed by atoms with Gasteiger partial charge in [0.15, 0.2) is 5.13 Å². The number of aromatic nitrogens is 1. The van der Waals surface area contributed by atoms with Crippen LogP contribution in [0.4, 0.5) is 5.13 Å². The predicted molar refractivity (Wildman–Crippen MR) is 143 cm³/mol. The molecule has 3 aliphatic rings. The molecule has 0 radical (unpaired) electrons. The summed E-state index contributed by atoms with van der Waals surface area (Å²) in [5, 5.41) is 25.0. The van der Waals surface area contributed by atoms with Crippen molar-refractivity contribution in [2.75, 3.05) is 25.0 Å². The van der Waals surface area contributed by atoms with E-state index >= 15 is 0 Å². The lowest BCUT2D eigenvalue weighted by molar-refractivity contribution is -0.147. The number of carbonyl (C=O) groups excluding carboxylic acids is 2. The van der Waals surface area contributed by atoms with E-state index in [4.69, 9.17) is 4.98 Å². The number of fused-ring (bicyclic) bond motifs is 2. The Morgan fingerprint density at radius 1 is 1.19 bits per heavy atom. The van der Waals surface area contributed by atoms with Gasteiger partial charge < -0.3 is 20.4 Å². The average molecular weight is 520 g/mol. The fourth-order valence-corrected chi connectivity index (χ4v) is 7.99. The maximum atomic E-state index is 13.6. The summed E-state index contributed by atoms with van der Waals surface area (Å²) in [5.74, 6) is 0.677. The van der Waals surface area contributed by atoms with E-state index in [9.17, 15) is 19.8 Å². The number of aliphatic hydroxyl groups excluding tert-OH is 2. The second-order valence-electron chi connectivity index (χ2n) is 13.4. The molecule has 1 saturated carbocycles. The molecule has 1 aliphatic heterocycles. The van der Waals surface area contributed by atoms with Crippen LogP contribution in [0.25, 0.3) is 0 Å². The summed E-state index contributed by atoms with van der Waals surface area (Å²) in [6.07, 6.45) is 4.36. The van der Waals surface area contributed by atoms with Crippen molar-refractivity contribution in [1.29, 1.82) is 0 Å². The van der Waals surface area contributed by atoms with Gasteiger partial charge in [-0.3, -0.25) is 9.59 Å². The van der Waals surface area contributed by atoms with E-state index in [0.717, 1.165) is 42.9 Å². The van der Waals surface area contributed by atoms with Gasteiger partial charge in [-0.2, -0.15) is 0 Å². The fourth-order valence-electron chi connectivity index (χ4n) is 6.91. The third kappa shape index (κ3) is 5.23. The number of likely N-dealkylation sites (tertiary alicyclic amines) is 1. The molecule has 2 amide bonds. The van der Waals surface area contributed by atoms with Crippen molar-refractivity contribution in [3.05, 3.63) is 10.6 Å². The molecular weight excluding hydrogens is 474 g/mol. The van der Waals surface area contributed by atoms with E-state index < -0.39 is 11.5 Å². The first kappa shape index (κ1) is 27.5. The SMILES string of the molecule is CC1CCN(C(=O)C[C@@H]2c3nc(NC(=O)CC(C)(C)C)sc3C[C@@H]3[C@](C)(CO)[C@H](O)CC[C@]32C)CC1. The quantitative estimate of drug-likeness (QED) is 0.528. The summed E-state index contributed by atoms with van der Waals surface area (Å²) in [6, 6.07) is 0. The van der Waals surface area contributed by atoms with Gasteiger partial charge >= 0.3 is 0 Å². The van der Waals surface area contributed by atoms with E-state index in [1.54, 1.807) is 0 Å². The number of aliphatic hydroxyl groups is 2. The Morgan fingerprint density at radius 2 is 1.86 bits per heavy atom. The summed E-state index contributed by atoms with van der Waals surface area (Å²) in [6.45, 7) is 14.1. The Hall–Kier alpha value is -1.51. The number of carbonyl (C=O) groups is 2. The second-order valence-corrected chi connectivity index (χ2v) is 14.5. The Labute approximate surface area is 220 Å². The first-order chi connectivity index (χ1) is 16.8. The van der Waals surface area contributed by atoms with Gasteiger partial charge in [0.25, 0.3) is 0 Å². The molecule has 0 aromatic carbocycles. The van der Waals surface area contributed by atoms with E-state index in [1.807, 2.05) is 32.6 Å². The molecule has 1 aromatic rings. The van der Waals surface area contributed by atoms with Gasteiger partial charge in [-0.05, 0) is 54.8 Å². The molecule has 3 N–H and O–H groups in total. The van der Waals surface area contributed by atoms with Crippen LogP contribution in [0.15, 0.2) is 0 Å². The van der Waals surface area contributed by atoms with Gasteiger partial charge in [0, 0.05) is 42.1 Å². The van der Waals surface area contributed by atoms with Crippen molar-refractivity contribution in [2.45, 2.75) is 98.5 Å². The molecule has 2 fully saturated rings. The van der Waals surface area contributed by atoms with Crippen molar-refractivity contribution in [3.8, 4) is 0 Å². The Morgan fingerprint density at radius 3 is 2.47 bits per heavy atom. The van der Waals surface area contributed by atoms with Crippen LogP contribution in [0.5, 0.6) is 0 Å². The number of anilines is 1. The highest BCUT2D eigenvalue weighted by Gasteiger charge is 2.59. The first-order valence-electron chi connectivity index (χ1n) is 13.6. The van der Waals surface area contributed by atoms with Gasteiger partial charge in [-0.1, -0.05) is 41.5 Å². The van der Waals surface area contributed by atoms with E-state index in [1.165, 1.54) is 11.3 Å². The van der Waals surface area contributed by atoms with Gasteiger partial charge in [-0.25, -0.2) is 4.98 Å². The molecule has 7 nitrogen and oxygen atoms in total. The van der Waals surface area contributed by atoms with Crippen LogP contribution in [0.3, 0.4) is 0 Å². The first-order valence-corrected chi connectivity index (χ1v) is 14.4. The van der Waals surface area contributed by atoms with Crippen molar-refractivity contribution < 1.29 is 19.8 Å². The third-order valence-electron chi connectivity index (χ3n) is 9.35. The summed E-state index contributed by atoms with van der Waals surface area (Å²) < 4.78 is 0. The van der Waals surface area contributed by atoms with Crippen LogP contribution in [0.2, 0.25) is 0 Å².